The van der Waals surface area contributed by atoms with Gasteiger partial charge in [0.15, 0.2) is 0 Å². The Morgan fingerprint density at radius 3 is 2.64 bits per heavy atom. The van der Waals surface area contributed by atoms with Gasteiger partial charge in [-0.05, 0) is 6.42 Å². The molecule has 0 aromatic heterocycles. The molecule has 1 heterocycles. The van der Waals surface area contributed by atoms with Gasteiger partial charge in [-0.3, -0.25) is 9.69 Å². The summed E-state index contributed by atoms with van der Waals surface area (Å²) in [4.78, 5) is 13.3. The summed E-state index contributed by atoms with van der Waals surface area (Å²) in [6.07, 6.45) is 0.869. The molecule has 0 radical (unpaired) electrons. The lowest BCUT2D eigenvalue weighted by molar-refractivity contribution is -0.153. The molecule has 1 fully saturated rings. The first kappa shape index (κ1) is 11.5. The molecule has 1 rings (SSSR count). The van der Waals surface area contributed by atoms with E-state index in [4.69, 9.17) is 5.11 Å². The zero-order valence-electron chi connectivity index (χ0n) is 9.12. The molecule has 4 heteroatoms. The second-order valence-electron chi connectivity index (χ2n) is 4.62. The summed E-state index contributed by atoms with van der Waals surface area (Å²) < 4.78 is 4.69. The molecule has 1 aliphatic rings. The topological polar surface area (TPSA) is 49.8 Å². The third kappa shape index (κ3) is 2.45. The highest BCUT2D eigenvalue weighted by molar-refractivity contribution is 5.76. The molecule has 1 atom stereocenters. The van der Waals surface area contributed by atoms with Crippen LogP contribution in [0.4, 0.5) is 0 Å². The van der Waals surface area contributed by atoms with Gasteiger partial charge in [0.05, 0.1) is 7.11 Å². The molecule has 1 unspecified atom stereocenters. The summed E-state index contributed by atoms with van der Waals surface area (Å²) in [5, 5.41) is 9.10. The Bertz CT molecular complexity index is 215. The Labute approximate surface area is 84.8 Å². The Kier molecular flexibility index (Phi) is 3.50. The number of hydrogen-bond acceptors (Lipinski definition) is 4. The molecule has 1 N–H and O–H groups in total. The van der Waals surface area contributed by atoms with Gasteiger partial charge in [-0.25, -0.2) is 0 Å². The predicted molar refractivity (Wildman–Crippen MR) is 52.9 cm³/mol. The molecule has 0 bridgehead atoms. The highest BCUT2D eigenvalue weighted by Gasteiger charge is 2.37. The van der Waals surface area contributed by atoms with Crippen LogP contribution in [-0.4, -0.2) is 48.8 Å². The van der Waals surface area contributed by atoms with Gasteiger partial charge in [-0.2, -0.15) is 0 Å². The lowest BCUT2D eigenvalue weighted by Crippen LogP contribution is -2.55. The van der Waals surface area contributed by atoms with E-state index < -0.39 is 0 Å². The maximum atomic E-state index is 11.3. The average Bonchev–Trinajstić information content (AvgIpc) is 2.12. The SMILES string of the molecule is COC(=O)C1CCN1CC(C)(C)CO. The van der Waals surface area contributed by atoms with Crippen molar-refractivity contribution in [3.05, 3.63) is 0 Å². The normalized spacial score (nSPS) is 23.0. The van der Waals surface area contributed by atoms with Gasteiger partial charge in [0.1, 0.15) is 6.04 Å². The largest absolute Gasteiger partial charge is 0.468 e. The average molecular weight is 201 g/mol. The van der Waals surface area contributed by atoms with E-state index in [0.717, 1.165) is 19.5 Å². The van der Waals surface area contributed by atoms with E-state index >= 15 is 0 Å². The molecule has 4 nitrogen and oxygen atoms in total. The van der Waals surface area contributed by atoms with Gasteiger partial charge >= 0.3 is 5.97 Å². The molecule has 1 saturated heterocycles. The Hall–Kier alpha value is -0.610. The summed E-state index contributed by atoms with van der Waals surface area (Å²) in [7, 11) is 1.41. The van der Waals surface area contributed by atoms with Crippen molar-refractivity contribution in [2.24, 2.45) is 5.41 Å². The molecule has 82 valence electrons. The molecule has 0 aromatic carbocycles. The van der Waals surface area contributed by atoms with Crippen LogP contribution in [-0.2, 0) is 9.53 Å². The van der Waals surface area contributed by atoms with Crippen LogP contribution >= 0.6 is 0 Å². The number of methoxy groups -OCH3 is 1. The van der Waals surface area contributed by atoms with Crippen molar-refractivity contribution < 1.29 is 14.6 Å². The van der Waals surface area contributed by atoms with E-state index in [1.54, 1.807) is 0 Å². The fourth-order valence-corrected chi connectivity index (χ4v) is 1.63. The zero-order chi connectivity index (χ0) is 10.8. The lowest BCUT2D eigenvalue weighted by atomic mass is 9.90. The Morgan fingerprint density at radius 1 is 1.64 bits per heavy atom. The van der Waals surface area contributed by atoms with Crippen molar-refractivity contribution in [1.29, 1.82) is 0 Å². The van der Waals surface area contributed by atoms with Gasteiger partial charge in [-0.15, -0.1) is 0 Å². The van der Waals surface area contributed by atoms with E-state index in [0.29, 0.717) is 0 Å². The number of aliphatic hydroxyl groups excluding tert-OH is 1. The molecule has 1 aliphatic heterocycles. The minimum atomic E-state index is -0.162. The fourth-order valence-electron chi connectivity index (χ4n) is 1.63. The van der Waals surface area contributed by atoms with Crippen molar-refractivity contribution in [3.8, 4) is 0 Å². The van der Waals surface area contributed by atoms with Gasteiger partial charge in [-0.1, -0.05) is 13.8 Å². The number of aliphatic hydroxyl groups is 1. The first-order valence-corrected chi connectivity index (χ1v) is 4.93. The summed E-state index contributed by atoms with van der Waals surface area (Å²) in [5.74, 6) is -0.162. The maximum Gasteiger partial charge on any atom is 0.323 e. The highest BCUT2D eigenvalue weighted by Crippen LogP contribution is 2.25. The molecule has 0 spiro atoms. The summed E-state index contributed by atoms with van der Waals surface area (Å²) in [5.41, 5.74) is -0.146. The predicted octanol–water partition coefficient (Wildman–Crippen LogP) is 0.252. The summed E-state index contributed by atoms with van der Waals surface area (Å²) in [6.45, 7) is 5.77. The smallest absolute Gasteiger partial charge is 0.323 e. The minimum Gasteiger partial charge on any atom is -0.468 e. The molecule has 0 amide bonds. The number of hydrogen-bond donors (Lipinski definition) is 1. The van der Waals surface area contributed by atoms with Crippen molar-refractivity contribution in [3.63, 3.8) is 0 Å². The van der Waals surface area contributed by atoms with Crippen molar-refractivity contribution in [1.82, 2.24) is 4.90 Å². The molecule has 0 saturated carbocycles. The fraction of sp³-hybridized carbons (Fsp3) is 0.900. The Morgan fingerprint density at radius 2 is 2.29 bits per heavy atom. The van der Waals surface area contributed by atoms with E-state index in [1.165, 1.54) is 7.11 Å². The van der Waals surface area contributed by atoms with E-state index in [1.807, 2.05) is 13.8 Å². The Balaban J connectivity index is 2.44. The molecular weight excluding hydrogens is 182 g/mol. The van der Waals surface area contributed by atoms with Crippen LogP contribution in [0.5, 0.6) is 0 Å². The van der Waals surface area contributed by atoms with Gasteiger partial charge in [0.25, 0.3) is 0 Å². The number of nitrogens with zero attached hydrogens (tertiary/aromatic N) is 1. The summed E-state index contributed by atoms with van der Waals surface area (Å²) >= 11 is 0. The zero-order valence-corrected chi connectivity index (χ0v) is 9.12. The van der Waals surface area contributed by atoms with Crippen LogP contribution in [0.15, 0.2) is 0 Å². The van der Waals surface area contributed by atoms with Crippen LogP contribution in [0.2, 0.25) is 0 Å². The van der Waals surface area contributed by atoms with Gasteiger partial charge < -0.3 is 9.84 Å². The standard InChI is InChI=1S/C10H19NO3/c1-10(2,7-12)6-11-5-4-8(11)9(13)14-3/h8,12H,4-7H2,1-3H3. The number of ether oxygens (including phenoxy) is 1. The van der Waals surface area contributed by atoms with E-state index in [9.17, 15) is 4.79 Å². The first-order chi connectivity index (χ1) is 6.50. The second kappa shape index (κ2) is 4.28. The highest BCUT2D eigenvalue weighted by atomic mass is 16.5. The van der Waals surface area contributed by atoms with Crippen LogP contribution in [0.1, 0.15) is 20.3 Å². The number of likely N-dealkylation sites (tertiary alicyclic amines) is 1. The molecule has 14 heavy (non-hydrogen) atoms. The maximum absolute atomic E-state index is 11.3. The van der Waals surface area contributed by atoms with Gasteiger partial charge in [0, 0.05) is 25.1 Å². The first-order valence-electron chi connectivity index (χ1n) is 4.93. The monoisotopic (exact) mass is 201 g/mol. The van der Waals surface area contributed by atoms with E-state index in [2.05, 4.69) is 9.64 Å². The van der Waals surface area contributed by atoms with Gasteiger partial charge in [0.2, 0.25) is 0 Å². The van der Waals surface area contributed by atoms with E-state index in [-0.39, 0.29) is 24.0 Å². The quantitative estimate of drug-likeness (QED) is 0.662. The third-order valence-electron chi connectivity index (χ3n) is 2.66. The summed E-state index contributed by atoms with van der Waals surface area (Å²) in [6, 6.07) is -0.0918. The lowest BCUT2D eigenvalue weighted by Gasteiger charge is -2.42. The van der Waals surface area contributed by atoms with Crippen LogP contribution in [0.25, 0.3) is 0 Å². The van der Waals surface area contributed by atoms with Crippen molar-refractivity contribution >= 4 is 5.97 Å². The molecular formula is C10H19NO3. The second-order valence-corrected chi connectivity index (χ2v) is 4.62. The molecule has 0 aromatic rings. The number of carbonyl (C=O) groups is 1. The van der Waals surface area contributed by atoms with Crippen LogP contribution < -0.4 is 0 Å². The van der Waals surface area contributed by atoms with Crippen LogP contribution in [0, 0.1) is 5.41 Å². The third-order valence-corrected chi connectivity index (χ3v) is 2.66. The number of carbonyl (C=O) groups excluding carboxylic acids is 1. The van der Waals surface area contributed by atoms with Crippen LogP contribution in [0.3, 0.4) is 0 Å². The minimum absolute atomic E-state index is 0.0918. The number of rotatable bonds is 4. The van der Waals surface area contributed by atoms with Crippen molar-refractivity contribution in [2.45, 2.75) is 26.3 Å². The number of esters is 1. The molecule has 0 aliphatic carbocycles. The van der Waals surface area contributed by atoms with Crippen molar-refractivity contribution in [2.75, 3.05) is 26.8 Å².